The Kier molecular flexibility index (Phi) is 3.75. The molecule has 3 aromatic rings. The van der Waals surface area contributed by atoms with Gasteiger partial charge in [0.05, 0.1) is 18.5 Å². The first-order valence-electron chi connectivity index (χ1n) is 9.26. The van der Waals surface area contributed by atoms with Crippen LogP contribution in [0.15, 0.2) is 48.8 Å². The number of hydrogen-bond donors (Lipinski definition) is 0. The van der Waals surface area contributed by atoms with Gasteiger partial charge in [0.2, 0.25) is 0 Å². The molecule has 2 aliphatic rings. The van der Waals surface area contributed by atoms with Gasteiger partial charge in [0.25, 0.3) is 0 Å². The average molecular weight is 346 g/mol. The SMILES string of the molecule is CC(c1ccc2c(c1)OCC2)N1CCc2c(cnn2-c2ccccn2)C1. The van der Waals surface area contributed by atoms with E-state index in [9.17, 15) is 0 Å². The molecular weight excluding hydrogens is 324 g/mol. The van der Waals surface area contributed by atoms with Crippen molar-refractivity contribution in [3.8, 4) is 11.6 Å². The monoisotopic (exact) mass is 346 g/mol. The molecule has 5 nitrogen and oxygen atoms in total. The molecule has 0 N–H and O–H groups in total. The number of fused-ring (bicyclic) bond motifs is 2. The third-order valence-corrected chi connectivity index (χ3v) is 5.58. The van der Waals surface area contributed by atoms with E-state index in [4.69, 9.17) is 4.74 Å². The van der Waals surface area contributed by atoms with Crippen LogP contribution in [-0.4, -0.2) is 32.8 Å². The highest BCUT2D eigenvalue weighted by Gasteiger charge is 2.26. The van der Waals surface area contributed by atoms with Crippen LogP contribution in [0.4, 0.5) is 0 Å². The van der Waals surface area contributed by atoms with Gasteiger partial charge in [-0.1, -0.05) is 18.2 Å². The molecule has 26 heavy (non-hydrogen) atoms. The second-order valence-corrected chi connectivity index (χ2v) is 7.08. The number of rotatable bonds is 3. The van der Waals surface area contributed by atoms with Crippen molar-refractivity contribution in [3.63, 3.8) is 0 Å². The summed E-state index contributed by atoms with van der Waals surface area (Å²) in [4.78, 5) is 6.95. The summed E-state index contributed by atoms with van der Waals surface area (Å²) >= 11 is 0. The molecule has 0 radical (unpaired) electrons. The third kappa shape index (κ3) is 2.59. The lowest BCUT2D eigenvalue weighted by atomic mass is 10.00. The number of aromatic nitrogens is 3. The van der Waals surface area contributed by atoms with Crippen molar-refractivity contribution in [3.05, 3.63) is 71.2 Å². The molecule has 4 heterocycles. The van der Waals surface area contributed by atoms with Gasteiger partial charge in [0.15, 0.2) is 5.82 Å². The van der Waals surface area contributed by atoms with Crippen molar-refractivity contribution in [2.75, 3.05) is 13.2 Å². The largest absolute Gasteiger partial charge is 0.493 e. The highest BCUT2D eigenvalue weighted by Crippen LogP contribution is 2.33. The van der Waals surface area contributed by atoms with Crippen molar-refractivity contribution in [1.29, 1.82) is 0 Å². The maximum atomic E-state index is 5.75. The van der Waals surface area contributed by atoms with Crippen molar-refractivity contribution < 1.29 is 4.74 Å². The van der Waals surface area contributed by atoms with Crippen molar-refractivity contribution in [2.24, 2.45) is 0 Å². The van der Waals surface area contributed by atoms with Gasteiger partial charge in [-0.2, -0.15) is 5.10 Å². The first-order chi connectivity index (χ1) is 12.8. The smallest absolute Gasteiger partial charge is 0.153 e. The maximum absolute atomic E-state index is 5.75. The van der Waals surface area contributed by atoms with E-state index < -0.39 is 0 Å². The summed E-state index contributed by atoms with van der Waals surface area (Å²) in [5.74, 6) is 1.96. The molecular formula is C21H22N4O. The Balaban J connectivity index is 1.38. The fourth-order valence-corrected chi connectivity index (χ4v) is 4.01. The van der Waals surface area contributed by atoms with Gasteiger partial charge < -0.3 is 4.74 Å². The number of pyridine rings is 1. The van der Waals surface area contributed by atoms with Gasteiger partial charge in [0.1, 0.15) is 5.75 Å². The van der Waals surface area contributed by atoms with E-state index in [1.807, 2.05) is 35.3 Å². The molecule has 0 saturated heterocycles. The number of ether oxygens (including phenoxy) is 1. The third-order valence-electron chi connectivity index (χ3n) is 5.58. The average Bonchev–Trinajstić information content (AvgIpc) is 3.33. The Morgan fingerprint density at radius 1 is 1.12 bits per heavy atom. The lowest BCUT2D eigenvalue weighted by molar-refractivity contribution is 0.190. The van der Waals surface area contributed by atoms with E-state index in [2.05, 4.69) is 40.1 Å². The van der Waals surface area contributed by atoms with Gasteiger partial charge in [-0.05, 0) is 36.2 Å². The standard InChI is InChI=1S/C21H22N4O/c1-15(17-6-5-16-8-11-26-20(16)12-17)24-10-7-19-18(14-24)13-23-25(19)21-4-2-3-9-22-21/h2-6,9,12-13,15H,7-8,10-11,14H2,1H3. The summed E-state index contributed by atoms with van der Waals surface area (Å²) in [6.45, 7) is 5.03. The quantitative estimate of drug-likeness (QED) is 0.730. The normalized spacial score (nSPS) is 17.4. The van der Waals surface area contributed by atoms with Crippen molar-refractivity contribution in [2.45, 2.75) is 32.4 Å². The van der Waals surface area contributed by atoms with Crippen LogP contribution in [0.25, 0.3) is 5.82 Å². The van der Waals surface area contributed by atoms with Crippen LogP contribution in [-0.2, 0) is 19.4 Å². The summed E-state index contributed by atoms with van der Waals surface area (Å²) in [6.07, 6.45) is 5.83. The van der Waals surface area contributed by atoms with Crippen LogP contribution in [0.1, 0.15) is 35.3 Å². The van der Waals surface area contributed by atoms with E-state index >= 15 is 0 Å². The van der Waals surface area contributed by atoms with E-state index in [0.717, 1.165) is 44.1 Å². The lowest BCUT2D eigenvalue weighted by Crippen LogP contribution is -2.33. The van der Waals surface area contributed by atoms with Gasteiger partial charge in [-0.15, -0.1) is 0 Å². The molecule has 0 aliphatic carbocycles. The van der Waals surface area contributed by atoms with Crippen LogP contribution in [0.2, 0.25) is 0 Å². The maximum Gasteiger partial charge on any atom is 0.153 e. The zero-order valence-electron chi connectivity index (χ0n) is 14.9. The Morgan fingerprint density at radius 2 is 2.08 bits per heavy atom. The first kappa shape index (κ1) is 15.6. The highest BCUT2D eigenvalue weighted by molar-refractivity contribution is 5.41. The number of hydrogen-bond acceptors (Lipinski definition) is 4. The fourth-order valence-electron chi connectivity index (χ4n) is 4.01. The molecule has 0 amide bonds. The zero-order valence-corrected chi connectivity index (χ0v) is 14.9. The predicted octanol–water partition coefficient (Wildman–Crippen LogP) is 3.32. The Bertz CT molecular complexity index is 934. The molecule has 0 fully saturated rings. The summed E-state index contributed by atoms with van der Waals surface area (Å²) in [5.41, 5.74) is 5.24. The van der Waals surface area contributed by atoms with Gasteiger partial charge >= 0.3 is 0 Å². The summed E-state index contributed by atoms with van der Waals surface area (Å²) in [7, 11) is 0. The van der Waals surface area contributed by atoms with Gasteiger partial charge in [-0.3, -0.25) is 4.90 Å². The van der Waals surface area contributed by atoms with E-state index in [1.165, 1.54) is 22.4 Å². The van der Waals surface area contributed by atoms with Crippen molar-refractivity contribution in [1.82, 2.24) is 19.7 Å². The molecule has 5 heteroatoms. The number of nitrogens with zero attached hydrogens (tertiary/aromatic N) is 4. The first-order valence-corrected chi connectivity index (χ1v) is 9.26. The molecule has 0 bridgehead atoms. The lowest BCUT2D eigenvalue weighted by Gasteiger charge is -2.33. The van der Waals surface area contributed by atoms with Crippen LogP contribution in [0.3, 0.4) is 0 Å². The van der Waals surface area contributed by atoms with E-state index in [0.29, 0.717) is 6.04 Å². The van der Waals surface area contributed by atoms with Crippen LogP contribution >= 0.6 is 0 Å². The molecule has 1 aromatic carbocycles. The Morgan fingerprint density at radius 3 is 2.96 bits per heavy atom. The minimum absolute atomic E-state index is 0.357. The molecule has 5 rings (SSSR count). The fraction of sp³-hybridized carbons (Fsp3) is 0.333. The topological polar surface area (TPSA) is 43.2 Å². The minimum Gasteiger partial charge on any atom is -0.493 e. The molecule has 1 unspecified atom stereocenters. The minimum atomic E-state index is 0.357. The second kappa shape index (κ2) is 6.25. The molecule has 2 aliphatic heterocycles. The van der Waals surface area contributed by atoms with E-state index in [1.54, 1.807) is 0 Å². The van der Waals surface area contributed by atoms with Crippen LogP contribution in [0.5, 0.6) is 5.75 Å². The summed E-state index contributed by atoms with van der Waals surface area (Å²) in [6, 6.07) is 13.0. The summed E-state index contributed by atoms with van der Waals surface area (Å²) in [5, 5.41) is 4.59. The molecule has 0 saturated carbocycles. The van der Waals surface area contributed by atoms with E-state index in [-0.39, 0.29) is 0 Å². The predicted molar refractivity (Wildman–Crippen MR) is 99.5 cm³/mol. The number of benzene rings is 1. The highest BCUT2D eigenvalue weighted by atomic mass is 16.5. The van der Waals surface area contributed by atoms with Gasteiger partial charge in [-0.25, -0.2) is 9.67 Å². The second-order valence-electron chi connectivity index (χ2n) is 7.08. The van der Waals surface area contributed by atoms with Gasteiger partial charge in [0, 0.05) is 43.7 Å². The molecule has 2 aromatic heterocycles. The molecule has 132 valence electrons. The van der Waals surface area contributed by atoms with Crippen LogP contribution in [0, 0.1) is 0 Å². The molecule has 0 spiro atoms. The van der Waals surface area contributed by atoms with Crippen LogP contribution < -0.4 is 4.74 Å². The zero-order chi connectivity index (χ0) is 17.5. The Hall–Kier alpha value is -2.66. The Labute approximate surface area is 153 Å². The van der Waals surface area contributed by atoms with Crippen molar-refractivity contribution >= 4 is 0 Å². The summed E-state index contributed by atoms with van der Waals surface area (Å²) < 4.78 is 7.73. The molecule has 1 atom stereocenters.